The van der Waals surface area contributed by atoms with Gasteiger partial charge in [-0.2, -0.15) is 0 Å². The summed E-state index contributed by atoms with van der Waals surface area (Å²) in [7, 11) is 4.58. The van der Waals surface area contributed by atoms with E-state index in [4.69, 9.17) is 23.9 Å². The van der Waals surface area contributed by atoms with Crippen LogP contribution in [0.25, 0.3) is 21.8 Å². The third-order valence-electron chi connectivity index (χ3n) is 6.81. The van der Waals surface area contributed by atoms with Crippen LogP contribution >= 0.6 is 0 Å². The van der Waals surface area contributed by atoms with E-state index in [1.54, 1.807) is 12.1 Å². The summed E-state index contributed by atoms with van der Waals surface area (Å²) in [5.41, 5.74) is 2.43. The highest BCUT2D eigenvalue weighted by Crippen LogP contribution is 2.38. The van der Waals surface area contributed by atoms with Crippen LogP contribution < -0.4 is 24.3 Å². The minimum absolute atomic E-state index is 0.231. The third-order valence-corrected chi connectivity index (χ3v) is 6.81. The summed E-state index contributed by atoms with van der Waals surface area (Å²) in [5, 5.41) is 5.35. The second kappa shape index (κ2) is 12.4. The standard InChI is InChI=1S/C32H33N3O5/c1-37-28-20-24(21-29(38-2)31(28)39-3)32(36)33-16-15-30-34-26-11-6-7-12-27(26)35(30)17-8-18-40-25-14-13-22-9-4-5-10-23(22)19-25/h4-7,9-14,19-21H,8,15-18H2,1-3H3,(H,33,36). The molecule has 0 aliphatic carbocycles. The zero-order chi connectivity index (χ0) is 27.9. The molecule has 0 unspecified atom stereocenters. The number of aryl methyl sites for hydroxylation is 1. The molecule has 1 amide bonds. The Morgan fingerprint density at radius 2 is 1.57 bits per heavy atom. The Bertz CT molecular complexity index is 1600. The lowest BCUT2D eigenvalue weighted by molar-refractivity contribution is 0.0953. The van der Waals surface area contributed by atoms with E-state index in [2.05, 4.69) is 40.2 Å². The number of hydrogen-bond acceptors (Lipinski definition) is 6. The fourth-order valence-corrected chi connectivity index (χ4v) is 4.84. The minimum Gasteiger partial charge on any atom is -0.494 e. The number of carbonyl (C=O) groups excluding carboxylic acids is 1. The van der Waals surface area contributed by atoms with Gasteiger partial charge in [0.05, 0.1) is 39.0 Å². The topological polar surface area (TPSA) is 83.8 Å². The molecule has 206 valence electrons. The van der Waals surface area contributed by atoms with E-state index in [1.807, 2.05) is 36.4 Å². The number of nitrogens with one attached hydrogen (secondary N) is 1. The zero-order valence-electron chi connectivity index (χ0n) is 23.0. The lowest BCUT2D eigenvalue weighted by Crippen LogP contribution is -2.26. The molecule has 8 nitrogen and oxygen atoms in total. The maximum absolute atomic E-state index is 12.9. The molecule has 4 aromatic carbocycles. The van der Waals surface area contributed by atoms with Gasteiger partial charge in [0.25, 0.3) is 5.91 Å². The number of fused-ring (bicyclic) bond motifs is 2. The highest BCUT2D eigenvalue weighted by Gasteiger charge is 2.17. The van der Waals surface area contributed by atoms with E-state index in [0.29, 0.717) is 42.4 Å². The Morgan fingerprint density at radius 1 is 0.850 bits per heavy atom. The number of rotatable bonds is 12. The van der Waals surface area contributed by atoms with Gasteiger partial charge in [-0.25, -0.2) is 4.98 Å². The predicted octanol–water partition coefficient (Wildman–Crippen LogP) is 5.66. The molecule has 0 saturated heterocycles. The van der Waals surface area contributed by atoms with Crippen LogP contribution in [0.3, 0.4) is 0 Å². The average Bonchev–Trinajstić information content (AvgIpc) is 3.35. The number of nitrogens with zero attached hydrogens (tertiary/aromatic N) is 2. The number of methoxy groups -OCH3 is 3. The number of imidazole rings is 1. The summed E-state index contributed by atoms with van der Waals surface area (Å²) in [5.74, 6) is 2.85. The van der Waals surface area contributed by atoms with Gasteiger partial charge in [-0.3, -0.25) is 4.79 Å². The molecule has 0 aliphatic heterocycles. The van der Waals surface area contributed by atoms with Gasteiger partial charge in [-0.05, 0) is 53.6 Å². The quantitative estimate of drug-likeness (QED) is 0.206. The van der Waals surface area contributed by atoms with Gasteiger partial charge >= 0.3 is 0 Å². The summed E-state index contributed by atoms with van der Waals surface area (Å²) in [6.07, 6.45) is 1.40. The molecule has 0 spiro atoms. The Hall–Kier alpha value is -4.72. The normalized spacial score (nSPS) is 11.0. The monoisotopic (exact) mass is 539 g/mol. The van der Waals surface area contributed by atoms with Gasteiger partial charge in [-0.1, -0.05) is 42.5 Å². The van der Waals surface area contributed by atoms with Crippen molar-refractivity contribution >= 4 is 27.7 Å². The molecule has 0 aliphatic rings. The Kier molecular flexibility index (Phi) is 8.35. The van der Waals surface area contributed by atoms with Crippen LogP contribution in [-0.2, 0) is 13.0 Å². The molecular formula is C32H33N3O5. The average molecular weight is 540 g/mol. The molecule has 0 atom stereocenters. The predicted molar refractivity (Wildman–Crippen MR) is 156 cm³/mol. The molecule has 0 fully saturated rings. The van der Waals surface area contributed by atoms with Crippen molar-refractivity contribution in [2.45, 2.75) is 19.4 Å². The van der Waals surface area contributed by atoms with Crippen LogP contribution in [0.5, 0.6) is 23.0 Å². The van der Waals surface area contributed by atoms with Crippen molar-refractivity contribution in [3.05, 3.63) is 90.3 Å². The number of amides is 1. The summed E-state index contributed by atoms with van der Waals surface area (Å²) < 4.78 is 24.4. The molecule has 0 bridgehead atoms. The van der Waals surface area contributed by atoms with Gasteiger partial charge in [0.15, 0.2) is 11.5 Å². The Balaban J connectivity index is 1.22. The van der Waals surface area contributed by atoms with Crippen molar-refractivity contribution in [1.82, 2.24) is 14.9 Å². The molecule has 8 heteroatoms. The Labute approximate surface area is 233 Å². The maximum Gasteiger partial charge on any atom is 0.251 e. The highest BCUT2D eigenvalue weighted by molar-refractivity contribution is 5.95. The number of aromatic nitrogens is 2. The maximum atomic E-state index is 12.9. The first kappa shape index (κ1) is 26.9. The largest absolute Gasteiger partial charge is 0.494 e. The van der Waals surface area contributed by atoms with Gasteiger partial charge in [-0.15, -0.1) is 0 Å². The molecule has 5 rings (SSSR count). The van der Waals surface area contributed by atoms with Crippen LogP contribution in [0.2, 0.25) is 0 Å². The van der Waals surface area contributed by atoms with Crippen LogP contribution in [0.4, 0.5) is 0 Å². The van der Waals surface area contributed by atoms with Gasteiger partial charge in [0.2, 0.25) is 5.75 Å². The molecule has 40 heavy (non-hydrogen) atoms. The molecule has 5 aromatic rings. The molecule has 0 saturated carbocycles. The van der Waals surface area contributed by atoms with E-state index in [0.717, 1.165) is 41.0 Å². The number of hydrogen-bond donors (Lipinski definition) is 1. The molecule has 1 aromatic heterocycles. The highest BCUT2D eigenvalue weighted by atomic mass is 16.5. The van der Waals surface area contributed by atoms with Crippen LogP contribution in [0.15, 0.2) is 78.9 Å². The van der Waals surface area contributed by atoms with E-state index in [9.17, 15) is 4.79 Å². The van der Waals surface area contributed by atoms with Crippen molar-refractivity contribution in [3.63, 3.8) is 0 Å². The SMILES string of the molecule is COc1cc(C(=O)NCCc2nc3ccccc3n2CCCOc2ccc3ccccc3c2)cc(OC)c1OC. The van der Waals surface area contributed by atoms with E-state index >= 15 is 0 Å². The lowest BCUT2D eigenvalue weighted by Gasteiger charge is -2.14. The molecule has 1 heterocycles. The van der Waals surface area contributed by atoms with Crippen LogP contribution in [0.1, 0.15) is 22.6 Å². The van der Waals surface area contributed by atoms with Crippen LogP contribution in [0, 0.1) is 0 Å². The van der Waals surface area contributed by atoms with E-state index < -0.39 is 0 Å². The first-order valence-corrected chi connectivity index (χ1v) is 13.2. The van der Waals surface area contributed by atoms with E-state index in [-0.39, 0.29) is 5.91 Å². The molecule has 0 radical (unpaired) electrons. The fourth-order valence-electron chi connectivity index (χ4n) is 4.84. The molecule has 1 N–H and O–H groups in total. The smallest absolute Gasteiger partial charge is 0.251 e. The van der Waals surface area contributed by atoms with Gasteiger partial charge < -0.3 is 28.8 Å². The summed E-state index contributed by atoms with van der Waals surface area (Å²) in [6, 6.07) is 25.8. The van der Waals surface area contributed by atoms with Crippen molar-refractivity contribution in [1.29, 1.82) is 0 Å². The van der Waals surface area contributed by atoms with Gasteiger partial charge in [0.1, 0.15) is 11.6 Å². The van der Waals surface area contributed by atoms with Crippen molar-refractivity contribution in [2.75, 3.05) is 34.5 Å². The summed E-state index contributed by atoms with van der Waals surface area (Å²) >= 11 is 0. The third kappa shape index (κ3) is 5.81. The second-order valence-corrected chi connectivity index (χ2v) is 9.30. The fraction of sp³-hybridized carbons (Fsp3) is 0.250. The lowest BCUT2D eigenvalue weighted by atomic mass is 10.1. The number of ether oxygens (including phenoxy) is 4. The number of para-hydroxylation sites is 2. The number of benzene rings is 4. The van der Waals surface area contributed by atoms with Crippen molar-refractivity contribution in [2.24, 2.45) is 0 Å². The minimum atomic E-state index is -0.231. The number of carbonyl (C=O) groups is 1. The van der Waals surface area contributed by atoms with Crippen molar-refractivity contribution in [3.8, 4) is 23.0 Å². The summed E-state index contributed by atoms with van der Waals surface area (Å²) in [6.45, 7) is 1.76. The van der Waals surface area contributed by atoms with E-state index in [1.165, 1.54) is 26.7 Å². The van der Waals surface area contributed by atoms with Gasteiger partial charge in [0, 0.05) is 25.1 Å². The Morgan fingerprint density at radius 3 is 2.33 bits per heavy atom. The zero-order valence-corrected chi connectivity index (χ0v) is 23.0. The molecular weight excluding hydrogens is 506 g/mol. The van der Waals surface area contributed by atoms with Crippen LogP contribution in [-0.4, -0.2) is 49.9 Å². The summed E-state index contributed by atoms with van der Waals surface area (Å²) in [4.78, 5) is 17.8. The second-order valence-electron chi connectivity index (χ2n) is 9.30. The van der Waals surface area contributed by atoms with Crippen molar-refractivity contribution < 1.29 is 23.7 Å². The first-order valence-electron chi connectivity index (χ1n) is 13.2. The first-order chi connectivity index (χ1) is 19.6.